The predicted octanol–water partition coefficient (Wildman–Crippen LogP) is 5.10. The molecule has 0 fully saturated rings. The first-order chi connectivity index (χ1) is 13.5. The molecule has 0 saturated carbocycles. The van der Waals surface area contributed by atoms with Crippen LogP contribution in [0.1, 0.15) is 55.5 Å². The number of nitrogens with one attached hydrogen (secondary N) is 1. The van der Waals surface area contributed by atoms with E-state index in [0.717, 1.165) is 23.3 Å². The third-order valence-electron chi connectivity index (χ3n) is 4.64. The van der Waals surface area contributed by atoms with E-state index in [-0.39, 0.29) is 12.3 Å². The third-order valence-corrected chi connectivity index (χ3v) is 4.64. The number of carbonyl (C=O) groups excluding carboxylic acids is 1. The highest BCUT2D eigenvalue weighted by Gasteiger charge is 2.32. The van der Waals surface area contributed by atoms with Crippen molar-refractivity contribution in [1.82, 2.24) is 14.7 Å². The van der Waals surface area contributed by atoms with E-state index in [2.05, 4.69) is 10.3 Å². The second-order valence-electron chi connectivity index (χ2n) is 8.25. The van der Waals surface area contributed by atoms with Crippen molar-refractivity contribution in [3.63, 3.8) is 0 Å². The summed E-state index contributed by atoms with van der Waals surface area (Å²) in [4.78, 5) is 17.1. The van der Waals surface area contributed by atoms with E-state index in [9.17, 15) is 18.0 Å². The van der Waals surface area contributed by atoms with Crippen LogP contribution < -0.4 is 5.32 Å². The number of imidazole rings is 1. The van der Waals surface area contributed by atoms with Crippen molar-refractivity contribution in [3.8, 4) is 0 Å². The van der Waals surface area contributed by atoms with Crippen LogP contribution in [0.4, 0.5) is 13.2 Å². The zero-order chi connectivity index (χ0) is 21.4. The van der Waals surface area contributed by atoms with Gasteiger partial charge in [-0.3, -0.25) is 4.79 Å². The normalized spacial score (nSPS) is 13.5. The maximum Gasteiger partial charge on any atom is 0.416 e. The van der Waals surface area contributed by atoms with Gasteiger partial charge in [0.1, 0.15) is 5.65 Å². The van der Waals surface area contributed by atoms with E-state index in [1.807, 2.05) is 50.4 Å². The van der Waals surface area contributed by atoms with Crippen LogP contribution in [0.25, 0.3) is 5.65 Å². The number of hydrogen-bond donors (Lipinski definition) is 1. The summed E-state index contributed by atoms with van der Waals surface area (Å²) < 4.78 is 41.6. The van der Waals surface area contributed by atoms with Crippen LogP contribution in [-0.4, -0.2) is 20.8 Å². The minimum atomic E-state index is -4.45. The van der Waals surface area contributed by atoms with Crippen LogP contribution in [0.5, 0.6) is 0 Å². The topological polar surface area (TPSA) is 46.4 Å². The van der Waals surface area contributed by atoms with Crippen molar-refractivity contribution >= 4 is 11.6 Å². The number of aryl methyl sites for hydroxylation is 1. The summed E-state index contributed by atoms with van der Waals surface area (Å²) in [6, 6.07) is 8.92. The van der Waals surface area contributed by atoms with Crippen molar-refractivity contribution in [2.45, 2.75) is 51.7 Å². The number of nitrogens with zero attached hydrogens (tertiary/aromatic N) is 2. The van der Waals surface area contributed by atoms with E-state index < -0.39 is 23.2 Å². The Morgan fingerprint density at radius 1 is 1.17 bits per heavy atom. The smallest absolute Gasteiger partial charge is 0.351 e. The van der Waals surface area contributed by atoms with Gasteiger partial charge in [0.2, 0.25) is 5.91 Å². The zero-order valence-electron chi connectivity index (χ0n) is 16.8. The minimum Gasteiger partial charge on any atom is -0.351 e. The minimum absolute atomic E-state index is 0.0142. The van der Waals surface area contributed by atoms with Crippen LogP contribution in [0.2, 0.25) is 0 Å². The summed E-state index contributed by atoms with van der Waals surface area (Å²) in [6.45, 7) is 7.50. The van der Waals surface area contributed by atoms with Crippen molar-refractivity contribution in [3.05, 3.63) is 71.2 Å². The number of pyridine rings is 1. The number of carbonyl (C=O) groups is 1. The van der Waals surface area contributed by atoms with Crippen molar-refractivity contribution in [1.29, 1.82) is 0 Å². The molecule has 4 nitrogen and oxygen atoms in total. The van der Waals surface area contributed by atoms with E-state index in [4.69, 9.17) is 0 Å². The second kappa shape index (κ2) is 7.54. The van der Waals surface area contributed by atoms with Crippen molar-refractivity contribution in [2.24, 2.45) is 0 Å². The number of rotatable bonds is 4. The van der Waals surface area contributed by atoms with Gasteiger partial charge in [0.05, 0.1) is 11.3 Å². The van der Waals surface area contributed by atoms with Crippen LogP contribution in [0, 0.1) is 6.92 Å². The molecule has 1 N–H and O–H groups in total. The molecule has 1 atom stereocenters. The molecular formula is C22H24F3N3O. The summed E-state index contributed by atoms with van der Waals surface area (Å²) in [6.07, 6.45) is -0.991. The molecule has 0 saturated heterocycles. The Hall–Kier alpha value is -2.83. The maximum absolute atomic E-state index is 13.3. The highest BCUT2D eigenvalue weighted by Crippen LogP contribution is 2.34. The van der Waals surface area contributed by atoms with Crippen LogP contribution >= 0.6 is 0 Å². The second-order valence-corrected chi connectivity index (χ2v) is 8.25. The van der Waals surface area contributed by atoms with Gasteiger partial charge in [-0.25, -0.2) is 4.98 Å². The number of halogens is 3. The summed E-state index contributed by atoms with van der Waals surface area (Å²) >= 11 is 0. The molecule has 0 spiro atoms. The summed E-state index contributed by atoms with van der Waals surface area (Å²) in [5.41, 5.74) is 1.59. The fraction of sp³-hybridized carbons (Fsp3) is 0.364. The molecule has 0 aliphatic heterocycles. The molecule has 3 aromatic rings. The van der Waals surface area contributed by atoms with Crippen LogP contribution in [-0.2, 0) is 11.0 Å². The molecule has 1 unspecified atom stereocenters. The van der Waals surface area contributed by atoms with Gasteiger partial charge in [-0.1, -0.05) is 24.3 Å². The summed E-state index contributed by atoms with van der Waals surface area (Å²) in [5.74, 6) is -0.807. The Morgan fingerprint density at radius 2 is 1.90 bits per heavy atom. The SMILES string of the molecule is Cc1cccn2c(C(CC(=O)NC(C)(C)C)c3cccc(C(F)(F)F)c3)cnc12. The van der Waals surface area contributed by atoms with E-state index in [1.54, 1.807) is 12.3 Å². The lowest BCUT2D eigenvalue weighted by atomic mass is 9.90. The van der Waals surface area contributed by atoms with Gasteiger partial charge in [0, 0.05) is 30.3 Å². The number of alkyl halides is 3. The average molecular weight is 403 g/mol. The van der Waals surface area contributed by atoms with Crippen LogP contribution in [0.3, 0.4) is 0 Å². The van der Waals surface area contributed by atoms with Gasteiger partial charge in [0.25, 0.3) is 0 Å². The van der Waals surface area contributed by atoms with Gasteiger partial charge >= 0.3 is 6.18 Å². The highest BCUT2D eigenvalue weighted by atomic mass is 19.4. The molecule has 154 valence electrons. The van der Waals surface area contributed by atoms with Gasteiger partial charge < -0.3 is 9.72 Å². The Kier molecular flexibility index (Phi) is 5.43. The Labute approximate surface area is 167 Å². The number of amides is 1. The zero-order valence-corrected chi connectivity index (χ0v) is 16.8. The van der Waals surface area contributed by atoms with E-state index in [0.29, 0.717) is 11.3 Å². The summed E-state index contributed by atoms with van der Waals surface area (Å²) in [5, 5.41) is 2.89. The van der Waals surface area contributed by atoms with Crippen molar-refractivity contribution in [2.75, 3.05) is 0 Å². The van der Waals surface area contributed by atoms with Gasteiger partial charge in [0.15, 0.2) is 0 Å². The van der Waals surface area contributed by atoms with E-state index in [1.165, 1.54) is 6.07 Å². The first-order valence-electron chi connectivity index (χ1n) is 9.36. The van der Waals surface area contributed by atoms with Crippen LogP contribution in [0.15, 0.2) is 48.8 Å². The summed E-state index contributed by atoms with van der Waals surface area (Å²) in [7, 11) is 0. The first-order valence-corrected chi connectivity index (χ1v) is 9.36. The molecule has 29 heavy (non-hydrogen) atoms. The maximum atomic E-state index is 13.3. The van der Waals surface area contributed by atoms with E-state index >= 15 is 0 Å². The molecule has 3 rings (SSSR count). The van der Waals surface area contributed by atoms with Gasteiger partial charge in [-0.2, -0.15) is 13.2 Å². The van der Waals surface area contributed by atoms with Gasteiger partial charge in [-0.15, -0.1) is 0 Å². The Bertz CT molecular complexity index is 1030. The number of fused-ring (bicyclic) bond motifs is 1. The lowest BCUT2D eigenvalue weighted by Gasteiger charge is -2.24. The molecule has 0 bridgehead atoms. The molecule has 2 aromatic heterocycles. The number of benzene rings is 1. The van der Waals surface area contributed by atoms with Crippen molar-refractivity contribution < 1.29 is 18.0 Å². The van der Waals surface area contributed by atoms with Gasteiger partial charge in [-0.05, 0) is 51.0 Å². The monoisotopic (exact) mass is 403 g/mol. The lowest BCUT2D eigenvalue weighted by molar-refractivity contribution is -0.137. The molecule has 0 radical (unpaired) electrons. The molecule has 1 aromatic carbocycles. The first kappa shape index (κ1) is 20.9. The Balaban J connectivity index is 2.09. The third kappa shape index (κ3) is 4.78. The molecule has 2 heterocycles. The molecule has 0 aliphatic carbocycles. The fourth-order valence-corrected chi connectivity index (χ4v) is 3.41. The molecule has 0 aliphatic rings. The largest absolute Gasteiger partial charge is 0.416 e. The Morgan fingerprint density at radius 3 is 2.55 bits per heavy atom. The average Bonchev–Trinajstić information content (AvgIpc) is 3.03. The highest BCUT2D eigenvalue weighted by molar-refractivity contribution is 5.78. The molecule has 1 amide bonds. The quantitative estimate of drug-likeness (QED) is 0.659. The lowest BCUT2D eigenvalue weighted by Crippen LogP contribution is -2.41. The molecular weight excluding hydrogens is 379 g/mol. The molecule has 7 heteroatoms. The fourth-order valence-electron chi connectivity index (χ4n) is 3.41. The standard InChI is InChI=1S/C22H24F3N3O/c1-14-7-6-10-28-18(13-26-20(14)28)17(12-19(29)27-21(2,3)4)15-8-5-9-16(11-15)22(23,24)25/h5-11,13,17H,12H2,1-4H3,(H,27,29). The number of hydrogen-bond acceptors (Lipinski definition) is 2. The predicted molar refractivity (Wildman–Crippen MR) is 106 cm³/mol. The number of aromatic nitrogens is 2.